The normalized spacial score (nSPS) is 9.52. The van der Waals surface area contributed by atoms with Gasteiger partial charge in [0.15, 0.2) is 5.78 Å². The predicted molar refractivity (Wildman–Crippen MR) is 105 cm³/mol. The van der Waals surface area contributed by atoms with E-state index >= 15 is 0 Å². The molecular weight excluding hydrogens is 340 g/mol. The molecule has 0 aliphatic rings. The number of allylic oxidation sites excluding steroid dienone is 1. The third kappa shape index (κ3) is 6.33. The van der Waals surface area contributed by atoms with Crippen molar-refractivity contribution < 1.29 is 19.1 Å². The average Bonchev–Trinajstić information content (AvgIpc) is 2.68. The van der Waals surface area contributed by atoms with Crippen molar-refractivity contribution in [2.45, 2.75) is 13.3 Å². The predicted octanol–water partition coefficient (Wildman–Crippen LogP) is 4.31. The summed E-state index contributed by atoms with van der Waals surface area (Å²) in [6.07, 6.45) is 1.45. The molecule has 2 aromatic carbocycles. The van der Waals surface area contributed by atoms with E-state index in [0.717, 1.165) is 16.7 Å². The first-order chi connectivity index (χ1) is 13.0. The Morgan fingerprint density at radius 3 is 2.19 bits per heavy atom. The molecule has 2 aromatic rings. The van der Waals surface area contributed by atoms with Gasteiger partial charge in [-0.25, -0.2) is 4.79 Å². The van der Waals surface area contributed by atoms with E-state index in [0.29, 0.717) is 11.3 Å². The molecule has 4 nitrogen and oxygen atoms in total. The molecule has 0 unspecified atom stereocenters. The summed E-state index contributed by atoms with van der Waals surface area (Å²) in [5.41, 5.74) is 3.22. The molecule has 0 amide bonds. The van der Waals surface area contributed by atoms with E-state index in [-0.39, 0.29) is 19.0 Å². The number of ether oxygens (including phenoxy) is 2. The summed E-state index contributed by atoms with van der Waals surface area (Å²) in [5.74, 6) is 5.81. The van der Waals surface area contributed by atoms with E-state index in [1.807, 2.05) is 36.4 Å². The maximum Gasteiger partial charge on any atom is 0.335 e. The van der Waals surface area contributed by atoms with Crippen LogP contribution in [-0.2, 0) is 14.3 Å². The van der Waals surface area contributed by atoms with Crippen molar-refractivity contribution in [3.8, 4) is 28.7 Å². The molecule has 0 aromatic heterocycles. The lowest BCUT2D eigenvalue weighted by atomic mass is 10.0. The van der Waals surface area contributed by atoms with Gasteiger partial charge in [-0.2, -0.15) is 0 Å². The number of carbonyl (C=O) groups is 2. The van der Waals surface area contributed by atoms with E-state index < -0.39 is 5.97 Å². The number of rotatable bonds is 7. The van der Waals surface area contributed by atoms with Gasteiger partial charge in [-0.15, -0.1) is 0 Å². The number of carbonyl (C=O) groups excluding carboxylic acids is 2. The first-order valence-corrected chi connectivity index (χ1v) is 8.29. The van der Waals surface area contributed by atoms with Crippen molar-refractivity contribution in [1.29, 1.82) is 0 Å². The van der Waals surface area contributed by atoms with Crippen LogP contribution in [0.15, 0.2) is 73.3 Å². The summed E-state index contributed by atoms with van der Waals surface area (Å²) < 4.78 is 10.3. The second-order valence-corrected chi connectivity index (χ2v) is 5.73. The van der Waals surface area contributed by atoms with E-state index in [2.05, 4.69) is 25.0 Å². The lowest BCUT2D eigenvalue weighted by Crippen LogP contribution is -2.10. The fraction of sp³-hybridized carbons (Fsp3) is 0.130. The van der Waals surface area contributed by atoms with Gasteiger partial charge in [-0.05, 0) is 48.4 Å². The first-order valence-electron chi connectivity index (χ1n) is 8.29. The van der Waals surface area contributed by atoms with Crippen LogP contribution in [-0.4, -0.2) is 18.5 Å². The Balaban J connectivity index is 1.94. The van der Waals surface area contributed by atoms with Crippen LogP contribution in [0.5, 0.6) is 5.75 Å². The third-order valence-corrected chi connectivity index (χ3v) is 3.56. The van der Waals surface area contributed by atoms with Crippen LogP contribution in [0.25, 0.3) is 11.1 Å². The summed E-state index contributed by atoms with van der Waals surface area (Å²) in [6, 6.07) is 15.2. The van der Waals surface area contributed by atoms with E-state index in [1.54, 1.807) is 19.1 Å². The molecule has 0 saturated heterocycles. The minimum atomic E-state index is -0.483. The topological polar surface area (TPSA) is 52.6 Å². The van der Waals surface area contributed by atoms with Crippen molar-refractivity contribution in [2.24, 2.45) is 0 Å². The van der Waals surface area contributed by atoms with Gasteiger partial charge < -0.3 is 9.47 Å². The Bertz CT molecular complexity index is 894. The Morgan fingerprint density at radius 2 is 1.63 bits per heavy atom. The van der Waals surface area contributed by atoms with Gasteiger partial charge in [0.25, 0.3) is 0 Å². The molecular formula is C23H20O4. The Morgan fingerprint density at radius 1 is 1.04 bits per heavy atom. The standard InChI is InChI=1S/C23H20O4/c1-4-21(24)7-5-6-18-8-10-19(11-9-18)20-12-14-22(15-13-20)26-16-27-23(25)17(2)3/h4,8-15H,1-2,7,16H2,3H3. The fourth-order valence-electron chi connectivity index (χ4n) is 2.07. The van der Waals surface area contributed by atoms with Crippen LogP contribution in [0.1, 0.15) is 18.9 Å². The lowest BCUT2D eigenvalue weighted by molar-refractivity contribution is -0.145. The summed E-state index contributed by atoms with van der Waals surface area (Å²) in [4.78, 5) is 22.4. The largest absolute Gasteiger partial charge is 0.457 e. The molecule has 0 aliphatic carbocycles. The number of hydrogen-bond donors (Lipinski definition) is 0. The fourth-order valence-corrected chi connectivity index (χ4v) is 2.07. The van der Waals surface area contributed by atoms with Crippen LogP contribution in [0.2, 0.25) is 0 Å². The zero-order valence-electron chi connectivity index (χ0n) is 15.2. The average molecular weight is 360 g/mol. The Hall–Kier alpha value is -3.58. The molecule has 0 N–H and O–H groups in total. The summed E-state index contributed by atoms with van der Waals surface area (Å²) in [6.45, 7) is 8.34. The van der Waals surface area contributed by atoms with Gasteiger partial charge in [0, 0.05) is 11.1 Å². The van der Waals surface area contributed by atoms with Gasteiger partial charge in [0.2, 0.25) is 6.79 Å². The second-order valence-electron chi connectivity index (χ2n) is 5.73. The summed E-state index contributed by atoms with van der Waals surface area (Å²) in [5, 5.41) is 0. The highest BCUT2D eigenvalue weighted by molar-refractivity contribution is 5.90. The first kappa shape index (κ1) is 19.7. The molecule has 27 heavy (non-hydrogen) atoms. The maximum absolute atomic E-state index is 11.3. The van der Waals surface area contributed by atoms with Gasteiger partial charge >= 0.3 is 5.97 Å². The Labute approximate surface area is 159 Å². The van der Waals surface area contributed by atoms with Crippen molar-refractivity contribution in [3.05, 3.63) is 78.9 Å². The molecule has 0 radical (unpaired) electrons. The quantitative estimate of drug-likeness (QED) is 0.320. The minimum Gasteiger partial charge on any atom is -0.457 e. The molecule has 2 rings (SSSR count). The van der Waals surface area contributed by atoms with Gasteiger partial charge in [0.05, 0.1) is 6.42 Å². The summed E-state index contributed by atoms with van der Waals surface area (Å²) in [7, 11) is 0. The molecule has 136 valence electrons. The molecule has 0 atom stereocenters. The zero-order chi connectivity index (χ0) is 19.6. The van der Waals surface area contributed by atoms with E-state index in [1.165, 1.54) is 6.08 Å². The van der Waals surface area contributed by atoms with Crippen molar-refractivity contribution in [2.75, 3.05) is 6.79 Å². The lowest BCUT2D eigenvalue weighted by Gasteiger charge is -2.08. The van der Waals surface area contributed by atoms with Gasteiger partial charge in [-0.3, -0.25) is 4.79 Å². The Kier molecular flexibility index (Phi) is 7.16. The number of esters is 1. The van der Waals surface area contributed by atoms with Crippen molar-refractivity contribution in [3.63, 3.8) is 0 Å². The number of ketones is 1. The van der Waals surface area contributed by atoms with Crippen LogP contribution in [0, 0.1) is 11.8 Å². The van der Waals surface area contributed by atoms with Crippen LogP contribution >= 0.6 is 0 Å². The molecule has 0 aliphatic heterocycles. The smallest absolute Gasteiger partial charge is 0.335 e. The van der Waals surface area contributed by atoms with E-state index in [4.69, 9.17) is 9.47 Å². The molecule has 0 saturated carbocycles. The minimum absolute atomic E-state index is 0.0872. The van der Waals surface area contributed by atoms with Crippen molar-refractivity contribution in [1.82, 2.24) is 0 Å². The van der Waals surface area contributed by atoms with Crippen molar-refractivity contribution >= 4 is 11.8 Å². The van der Waals surface area contributed by atoms with Gasteiger partial charge in [-0.1, -0.05) is 49.3 Å². The number of benzene rings is 2. The molecule has 4 heteroatoms. The SMILES string of the molecule is C=CC(=O)CC#Cc1ccc(-c2ccc(OCOC(=O)C(=C)C)cc2)cc1. The zero-order valence-corrected chi connectivity index (χ0v) is 15.2. The number of hydrogen-bond acceptors (Lipinski definition) is 4. The van der Waals surface area contributed by atoms with Crippen LogP contribution < -0.4 is 4.74 Å². The highest BCUT2D eigenvalue weighted by Crippen LogP contribution is 2.22. The van der Waals surface area contributed by atoms with Crippen LogP contribution in [0.4, 0.5) is 0 Å². The molecule has 0 heterocycles. The third-order valence-electron chi connectivity index (χ3n) is 3.56. The molecule has 0 spiro atoms. The van der Waals surface area contributed by atoms with E-state index in [9.17, 15) is 9.59 Å². The second kappa shape index (κ2) is 9.79. The maximum atomic E-state index is 11.3. The highest BCUT2D eigenvalue weighted by atomic mass is 16.7. The molecule has 0 bridgehead atoms. The summed E-state index contributed by atoms with van der Waals surface area (Å²) >= 11 is 0. The highest BCUT2D eigenvalue weighted by Gasteiger charge is 2.03. The van der Waals surface area contributed by atoms with Crippen LogP contribution in [0.3, 0.4) is 0 Å². The molecule has 0 fully saturated rings. The van der Waals surface area contributed by atoms with Gasteiger partial charge in [0.1, 0.15) is 5.75 Å². The monoisotopic (exact) mass is 360 g/mol.